The van der Waals surface area contributed by atoms with Crippen molar-refractivity contribution in [2.45, 2.75) is 12.8 Å². The van der Waals surface area contributed by atoms with Crippen molar-refractivity contribution < 1.29 is 27.8 Å². The summed E-state index contributed by atoms with van der Waals surface area (Å²) in [6.07, 6.45) is -5.96. The van der Waals surface area contributed by atoms with Crippen LogP contribution in [-0.4, -0.2) is 17.9 Å². The molecule has 1 aliphatic rings. The Bertz CT molecular complexity index is 380. The molecular formula is C8H6F3NO3. The molecule has 0 bridgehead atoms. The first-order valence-corrected chi connectivity index (χ1v) is 3.95. The molecule has 0 saturated heterocycles. The molecule has 4 nitrogen and oxygen atoms in total. The molecule has 82 valence electrons. The summed E-state index contributed by atoms with van der Waals surface area (Å²) < 4.78 is 44.0. The van der Waals surface area contributed by atoms with Gasteiger partial charge in [0.15, 0.2) is 0 Å². The molecule has 1 aromatic rings. The highest BCUT2D eigenvalue weighted by Gasteiger charge is 2.32. The van der Waals surface area contributed by atoms with E-state index < -0.39 is 12.8 Å². The minimum atomic E-state index is -4.73. The Hall–Kier alpha value is -1.63. The normalized spacial score (nSPS) is 19.1. The van der Waals surface area contributed by atoms with Gasteiger partial charge in [-0.2, -0.15) is 0 Å². The summed E-state index contributed by atoms with van der Waals surface area (Å²) in [5.74, 6) is -0.0940. The number of ether oxygens (including phenoxy) is 2. The first-order chi connectivity index (χ1) is 6.94. The first-order valence-electron chi connectivity index (χ1n) is 3.95. The molecule has 7 heteroatoms. The fourth-order valence-electron chi connectivity index (χ4n) is 1.20. The van der Waals surface area contributed by atoms with Gasteiger partial charge in [0, 0.05) is 6.07 Å². The second-order valence-electron chi connectivity index (χ2n) is 2.82. The second kappa shape index (κ2) is 3.20. The van der Waals surface area contributed by atoms with Crippen molar-refractivity contribution in [3.05, 3.63) is 18.2 Å². The van der Waals surface area contributed by atoms with Crippen LogP contribution in [0, 0.1) is 0 Å². The summed E-state index contributed by atoms with van der Waals surface area (Å²) in [5.41, 5.74) is 0.254. The third-order valence-electron chi connectivity index (χ3n) is 1.70. The molecule has 0 amide bonds. The van der Waals surface area contributed by atoms with Crippen LogP contribution in [0.4, 0.5) is 18.9 Å². The van der Waals surface area contributed by atoms with E-state index in [9.17, 15) is 13.2 Å². The molecular weight excluding hydrogens is 215 g/mol. The molecule has 0 spiro atoms. The maximum Gasteiger partial charge on any atom is 0.573 e. The van der Waals surface area contributed by atoms with Gasteiger partial charge in [-0.25, -0.2) is 0 Å². The quantitative estimate of drug-likeness (QED) is 0.757. The Kier molecular flexibility index (Phi) is 2.11. The fraction of sp³-hybridized carbons (Fsp3) is 0.250. The lowest BCUT2D eigenvalue weighted by molar-refractivity contribution is -0.274. The topological polar surface area (TPSA) is 50.7 Å². The lowest BCUT2D eigenvalue weighted by Gasteiger charge is -2.08. The number of benzene rings is 1. The Labute approximate surface area is 82.2 Å². The average Bonchev–Trinajstić information content (AvgIpc) is 2.40. The van der Waals surface area contributed by atoms with Gasteiger partial charge >= 0.3 is 6.36 Å². The van der Waals surface area contributed by atoms with Crippen molar-refractivity contribution in [2.75, 3.05) is 5.32 Å². The SMILES string of the molecule is OC1Nc2cc(OC(F)(F)F)ccc2O1. The van der Waals surface area contributed by atoms with Crippen LogP contribution in [0.5, 0.6) is 11.5 Å². The van der Waals surface area contributed by atoms with Gasteiger partial charge in [-0.15, -0.1) is 13.2 Å². The Morgan fingerprint density at radius 3 is 2.80 bits per heavy atom. The smallest absolute Gasteiger partial charge is 0.445 e. The highest BCUT2D eigenvalue weighted by molar-refractivity contribution is 5.62. The highest BCUT2D eigenvalue weighted by Crippen LogP contribution is 2.35. The monoisotopic (exact) mass is 221 g/mol. The molecule has 0 aromatic heterocycles. The van der Waals surface area contributed by atoms with E-state index in [2.05, 4.69) is 10.1 Å². The largest absolute Gasteiger partial charge is 0.573 e. The Morgan fingerprint density at radius 1 is 1.40 bits per heavy atom. The highest BCUT2D eigenvalue weighted by atomic mass is 19.4. The van der Waals surface area contributed by atoms with Crippen LogP contribution in [-0.2, 0) is 0 Å². The second-order valence-corrected chi connectivity index (χ2v) is 2.82. The van der Waals surface area contributed by atoms with Crippen molar-refractivity contribution in [1.82, 2.24) is 0 Å². The molecule has 2 rings (SSSR count). The van der Waals surface area contributed by atoms with Crippen molar-refractivity contribution in [3.8, 4) is 11.5 Å². The number of anilines is 1. The third-order valence-corrected chi connectivity index (χ3v) is 1.70. The third kappa shape index (κ3) is 2.24. The van der Waals surface area contributed by atoms with Gasteiger partial charge in [-0.1, -0.05) is 0 Å². The van der Waals surface area contributed by atoms with Gasteiger partial charge in [0.2, 0.25) is 0 Å². The van der Waals surface area contributed by atoms with E-state index in [1.54, 1.807) is 0 Å². The minimum absolute atomic E-state index is 0.254. The van der Waals surface area contributed by atoms with Crippen LogP contribution in [0.3, 0.4) is 0 Å². The maximum absolute atomic E-state index is 11.8. The van der Waals surface area contributed by atoms with Crippen LogP contribution in [0.1, 0.15) is 0 Å². The van der Waals surface area contributed by atoms with E-state index in [-0.39, 0.29) is 17.2 Å². The van der Waals surface area contributed by atoms with Gasteiger partial charge in [0.1, 0.15) is 11.5 Å². The summed E-state index contributed by atoms with van der Waals surface area (Å²) in [6, 6.07) is 3.48. The van der Waals surface area contributed by atoms with E-state index in [0.717, 1.165) is 12.1 Å². The predicted molar refractivity (Wildman–Crippen MR) is 43.4 cm³/mol. The summed E-state index contributed by atoms with van der Waals surface area (Å²) in [7, 11) is 0. The first kappa shape index (κ1) is 9.91. The zero-order valence-corrected chi connectivity index (χ0v) is 7.21. The molecule has 1 aliphatic heterocycles. The molecule has 1 unspecified atom stereocenters. The van der Waals surface area contributed by atoms with E-state index in [1.165, 1.54) is 6.07 Å². The Morgan fingerprint density at radius 2 is 2.13 bits per heavy atom. The zero-order chi connectivity index (χ0) is 11.1. The van der Waals surface area contributed by atoms with Crippen LogP contribution >= 0.6 is 0 Å². The molecule has 0 fully saturated rings. The van der Waals surface area contributed by atoms with Crippen LogP contribution in [0.2, 0.25) is 0 Å². The van der Waals surface area contributed by atoms with Gasteiger partial charge in [-0.05, 0) is 12.1 Å². The van der Waals surface area contributed by atoms with E-state index in [0.29, 0.717) is 0 Å². The van der Waals surface area contributed by atoms with Crippen LogP contribution in [0.25, 0.3) is 0 Å². The molecule has 1 heterocycles. The molecule has 1 aromatic carbocycles. The number of halogens is 3. The van der Waals surface area contributed by atoms with Gasteiger partial charge < -0.3 is 19.9 Å². The summed E-state index contributed by atoms with van der Waals surface area (Å²) in [6.45, 7) is 0. The number of rotatable bonds is 1. The molecule has 0 aliphatic carbocycles. The molecule has 0 saturated carbocycles. The fourth-order valence-corrected chi connectivity index (χ4v) is 1.20. The van der Waals surface area contributed by atoms with Gasteiger partial charge in [0.05, 0.1) is 5.69 Å². The van der Waals surface area contributed by atoms with Crippen molar-refractivity contribution in [2.24, 2.45) is 0 Å². The number of nitrogens with one attached hydrogen (secondary N) is 1. The molecule has 2 N–H and O–H groups in total. The van der Waals surface area contributed by atoms with E-state index in [1.807, 2.05) is 0 Å². The van der Waals surface area contributed by atoms with E-state index >= 15 is 0 Å². The lowest BCUT2D eigenvalue weighted by Crippen LogP contribution is -2.18. The number of aliphatic hydroxyl groups is 1. The standard InChI is InChI=1S/C8H6F3NO3/c9-8(10,11)15-4-1-2-6-5(3-4)12-7(13)14-6/h1-3,7,12-13H. The number of hydrogen-bond donors (Lipinski definition) is 2. The van der Waals surface area contributed by atoms with Crippen molar-refractivity contribution in [1.29, 1.82) is 0 Å². The predicted octanol–water partition coefficient (Wildman–Crippen LogP) is 1.67. The zero-order valence-electron chi connectivity index (χ0n) is 7.21. The molecule has 0 radical (unpaired) electrons. The molecule has 1 atom stereocenters. The number of aliphatic hydroxyl groups excluding tert-OH is 1. The van der Waals surface area contributed by atoms with Crippen molar-refractivity contribution in [3.63, 3.8) is 0 Å². The van der Waals surface area contributed by atoms with Gasteiger partial charge in [0.25, 0.3) is 6.41 Å². The average molecular weight is 221 g/mol. The van der Waals surface area contributed by atoms with Gasteiger partial charge in [-0.3, -0.25) is 0 Å². The van der Waals surface area contributed by atoms with Crippen LogP contribution < -0.4 is 14.8 Å². The van der Waals surface area contributed by atoms with Crippen molar-refractivity contribution >= 4 is 5.69 Å². The Balaban J connectivity index is 2.20. The number of fused-ring (bicyclic) bond motifs is 1. The summed E-state index contributed by atoms with van der Waals surface area (Å²) in [4.78, 5) is 0. The summed E-state index contributed by atoms with van der Waals surface area (Å²) >= 11 is 0. The summed E-state index contributed by atoms with van der Waals surface area (Å²) in [5, 5.41) is 11.4. The minimum Gasteiger partial charge on any atom is -0.445 e. The lowest BCUT2D eigenvalue weighted by atomic mass is 10.3. The number of alkyl halides is 3. The van der Waals surface area contributed by atoms with Crippen LogP contribution in [0.15, 0.2) is 18.2 Å². The van der Waals surface area contributed by atoms with E-state index in [4.69, 9.17) is 9.84 Å². The number of hydrogen-bond acceptors (Lipinski definition) is 4. The maximum atomic E-state index is 11.8. The molecule has 15 heavy (non-hydrogen) atoms.